The summed E-state index contributed by atoms with van der Waals surface area (Å²) in [6, 6.07) is 6.15. The lowest BCUT2D eigenvalue weighted by atomic mass is 9.51. The molecule has 2 aliphatic carbocycles. The van der Waals surface area contributed by atoms with Crippen molar-refractivity contribution in [3.8, 4) is 5.75 Å². The maximum absolute atomic E-state index is 10.2. The van der Waals surface area contributed by atoms with E-state index in [1.165, 1.54) is 56.3 Å². The quantitative estimate of drug-likeness (QED) is 0.650. The Balaban J connectivity index is 1.86. The van der Waals surface area contributed by atoms with Crippen molar-refractivity contribution < 1.29 is 9.59 Å². The summed E-state index contributed by atoms with van der Waals surface area (Å²) < 4.78 is 1.10. The molecule has 0 aromatic heterocycles. The van der Waals surface area contributed by atoms with Crippen molar-refractivity contribution in [2.45, 2.75) is 37.5 Å². The summed E-state index contributed by atoms with van der Waals surface area (Å²) in [6.07, 6.45) is 10.7. The molecule has 128 valence electrons. The van der Waals surface area contributed by atoms with E-state index in [1.807, 2.05) is 6.07 Å². The minimum absolute atomic E-state index is 0.250. The molecule has 1 aromatic rings. The average Bonchev–Trinajstić information content (AvgIpc) is 2.56. The van der Waals surface area contributed by atoms with Crippen molar-refractivity contribution in [1.82, 2.24) is 0 Å². The molecule has 2 nitrogen and oxygen atoms in total. The van der Waals surface area contributed by atoms with Gasteiger partial charge in [-0.3, -0.25) is 0 Å². The Morgan fingerprint density at radius 2 is 2.00 bits per heavy atom. The first-order valence-corrected chi connectivity index (χ1v) is 9.52. The zero-order chi connectivity index (χ0) is 16.8. The van der Waals surface area contributed by atoms with Gasteiger partial charge in [0.2, 0.25) is 0 Å². The second kappa shape index (κ2) is 5.77. The number of phenolic OH excluding ortho intramolecular Hbond substituents is 1. The molecule has 2 bridgehead atoms. The number of aromatic hydroxyl groups is 1. The maximum atomic E-state index is 10.2. The zero-order valence-corrected chi connectivity index (χ0v) is 14.7. The highest BCUT2D eigenvalue weighted by Gasteiger charge is 2.58. The normalized spacial score (nSPS) is 33.2. The Morgan fingerprint density at radius 1 is 1.21 bits per heavy atom. The van der Waals surface area contributed by atoms with Crippen LogP contribution in [0, 0.1) is 11.8 Å². The molecule has 1 heterocycles. The van der Waals surface area contributed by atoms with E-state index in [1.54, 1.807) is 0 Å². The summed E-state index contributed by atoms with van der Waals surface area (Å²) in [5.41, 5.74) is 3.20. The van der Waals surface area contributed by atoms with E-state index >= 15 is 0 Å². The molecule has 4 rings (SSSR count). The predicted molar refractivity (Wildman–Crippen MR) is 99.1 cm³/mol. The molecule has 2 fully saturated rings. The fraction of sp³-hybridized carbons (Fsp3) is 0.545. The predicted octanol–water partition coefficient (Wildman–Crippen LogP) is 4.19. The summed E-state index contributed by atoms with van der Waals surface area (Å²) in [5.74, 6) is 1.99. The van der Waals surface area contributed by atoms with Crippen LogP contribution in [0.4, 0.5) is 0 Å². The number of piperidine rings is 1. The van der Waals surface area contributed by atoms with Gasteiger partial charge < -0.3 is 9.59 Å². The van der Waals surface area contributed by atoms with Gasteiger partial charge in [0.05, 0.1) is 26.2 Å². The second-order valence-corrected chi connectivity index (χ2v) is 8.44. The number of quaternary nitrogens is 1. The summed E-state index contributed by atoms with van der Waals surface area (Å²) >= 11 is 0. The first-order chi connectivity index (χ1) is 11.6. The van der Waals surface area contributed by atoms with Gasteiger partial charge in [-0.2, -0.15) is 0 Å². The molecule has 1 aromatic carbocycles. The molecule has 1 saturated heterocycles. The number of benzene rings is 1. The van der Waals surface area contributed by atoms with Gasteiger partial charge in [0.15, 0.2) is 0 Å². The van der Waals surface area contributed by atoms with E-state index in [9.17, 15) is 5.11 Å². The molecule has 0 radical (unpaired) electrons. The lowest BCUT2D eigenvalue weighted by Crippen LogP contribution is -2.68. The maximum Gasteiger partial charge on any atom is 0.115 e. The summed E-state index contributed by atoms with van der Waals surface area (Å²) in [5, 5.41) is 10.2. The fourth-order valence-electron chi connectivity index (χ4n) is 6.45. The molecule has 3 atom stereocenters. The van der Waals surface area contributed by atoms with Crippen LogP contribution < -0.4 is 0 Å². The minimum atomic E-state index is 0.250. The van der Waals surface area contributed by atoms with Gasteiger partial charge in [0, 0.05) is 11.3 Å². The van der Waals surface area contributed by atoms with Gasteiger partial charge in [-0.25, -0.2) is 0 Å². The Morgan fingerprint density at radius 3 is 2.75 bits per heavy atom. The van der Waals surface area contributed by atoms with E-state index in [-0.39, 0.29) is 5.41 Å². The molecule has 0 amide bonds. The van der Waals surface area contributed by atoms with Crippen LogP contribution in [0.25, 0.3) is 0 Å². The highest BCUT2D eigenvalue weighted by atomic mass is 16.3. The first-order valence-electron chi connectivity index (χ1n) is 9.52. The van der Waals surface area contributed by atoms with Crippen molar-refractivity contribution in [3.63, 3.8) is 0 Å². The first kappa shape index (κ1) is 16.0. The van der Waals surface area contributed by atoms with Crippen molar-refractivity contribution in [2.75, 3.05) is 26.2 Å². The lowest BCUT2D eigenvalue weighted by Gasteiger charge is -2.61. The highest BCUT2D eigenvalue weighted by molar-refractivity contribution is 5.44. The third-order valence-electron chi connectivity index (χ3n) is 7.05. The van der Waals surface area contributed by atoms with Crippen LogP contribution in [0.15, 0.2) is 43.5 Å². The van der Waals surface area contributed by atoms with Crippen LogP contribution in [0.2, 0.25) is 0 Å². The van der Waals surface area contributed by atoms with Gasteiger partial charge in [0.1, 0.15) is 5.75 Å². The van der Waals surface area contributed by atoms with Gasteiger partial charge in [-0.15, -0.1) is 0 Å². The Labute approximate surface area is 146 Å². The third kappa shape index (κ3) is 2.27. The Kier molecular flexibility index (Phi) is 3.84. The molecule has 1 N–H and O–H groups in total. The summed E-state index contributed by atoms with van der Waals surface area (Å²) in [4.78, 5) is 0. The van der Waals surface area contributed by atoms with E-state index in [0.29, 0.717) is 5.75 Å². The molecular formula is C22H30NO+. The summed E-state index contributed by atoms with van der Waals surface area (Å²) in [7, 11) is 0. The van der Waals surface area contributed by atoms with Crippen molar-refractivity contribution >= 4 is 0 Å². The van der Waals surface area contributed by atoms with Gasteiger partial charge in [0.25, 0.3) is 0 Å². The fourth-order valence-corrected chi connectivity index (χ4v) is 6.45. The number of fused-ring (bicyclic) bond motifs is 1. The number of likely N-dealkylation sites (tertiary alicyclic amines) is 1. The van der Waals surface area contributed by atoms with Crippen LogP contribution in [0.3, 0.4) is 0 Å². The molecule has 24 heavy (non-hydrogen) atoms. The molecule has 3 aliphatic rings. The number of hydrogen-bond donors (Lipinski definition) is 1. The van der Waals surface area contributed by atoms with Crippen LogP contribution in [0.5, 0.6) is 5.75 Å². The summed E-state index contributed by atoms with van der Waals surface area (Å²) in [6.45, 7) is 12.6. The van der Waals surface area contributed by atoms with E-state index < -0.39 is 0 Å². The monoisotopic (exact) mass is 324 g/mol. The SMILES string of the molecule is C=CC[N+]1(CC=C)CC2Cc3ccc(O)cc3C3(CCCCC23)C1. The van der Waals surface area contributed by atoms with Gasteiger partial charge >= 0.3 is 0 Å². The largest absolute Gasteiger partial charge is 0.508 e. The number of nitrogens with zero attached hydrogens (tertiary/aromatic N) is 1. The van der Waals surface area contributed by atoms with Crippen LogP contribution in [-0.2, 0) is 11.8 Å². The highest BCUT2D eigenvalue weighted by Crippen LogP contribution is 2.57. The third-order valence-corrected chi connectivity index (χ3v) is 7.05. The molecule has 2 heteroatoms. The second-order valence-electron chi connectivity index (χ2n) is 8.44. The number of rotatable bonds is 4. The van der Waals surface area contributed by atoms with Crippen molar-refractivity contribution in [1.29, 1.82) is 0 Å². The molecule has 1 saturated carbocycles. The zero-order valence-electron chi connectivity index (χ0n) is 14.7. The van der Waals surface area contributed by atoms with Gasteiger partial charge in [-0.05, 0) is 60.6 Å². The average molecular weight is 324 g/mol. The minimum Gasteiger partial charge on any atom is -0.508 e. The number of hydrogen-bond acceptors (Lipinski definition) is 1. The smallest absolute Gasteiger partial charge is 0.115 e. The number of phenols is 1. The standard InChI is InChI=1S/C22H29NO/c1-3-11-23(12-4-2)15-18-13-17-8-9-19(24)14-21(17)22(16-23)10-6-5-7-20(18)22/h3-4,8-9,14,18,20H,1-2,5-7,10-13,15-16H2/p+1. The molecule has 1 aliphatic heterocycles. The molecule has 0 spiro atoms. The molecular weight excluding hydrogens is 294 g/mol. The van der Waals surface area contributed by atoms with Crippen LogP contribution in [-0.4, -0.2) is 35.8 Å². The topological polar surface area (TPSA) is 20.2 Å². The van der Waals surface area contributed by atoms with E-state index in [0.717, 1.165) is 29.4 Å². The Bertz CT molecular complexity index is 654. The van der Waals surface area contributed by atoms with Crippen molar-refractivity contribution in [2.24, 2.45) is 11.8 Å². The van der Waals surface area contributed by atoms with Crippen molar-refractivity contribution in [3.05, 3.63) is 54.6 Å². The van der Waals surface area contributed by atoms with Crippen LogP contribution >= 0.6 is 0 Å². The van der Waals surface area contributed by atoms with Gasteiger partial charge in [-0.1, -0.05) is 32.1 Å². The van der Waals surface area contributed by atoms with E-state index in [2.05, 4.69) is 37.4 Å². The van der Waals surface area contributed by atoms with E-state index in [4.69, 9.17) is 0 Å². The Hall–Kier alpha value is -1.54. The van der Waals surface area contributed by atoms with Crippen LogP contribution in [0.1, 0.15) is 36.8 Å². The molecule has 3 unspecified atom stereocenters. The lowest BCUT2D eigenvalue weighted by molar-refractivity contribution is -0.932.